The van der Waals surface area contributed by atoms with Gasteiger partial charge in [-0.3, -0.25) is 4.68 Å². The molecule has 0 radical (unpaired) electrons. The van der Waals surface area contributed by atoms with Gasteiger partial charge in [-0.1, -0.05) is 0 Å². The lowest BCUT2D eigenvalue weighted by Crippen LogP contribution is -2.35. The summed E-state index contributed by atoms with van der Waals surface area (Å²) < 4.78 is 3.05. The van der Waals surface area contributed by atoms with E-state index in [-0.39, 0.29) is 0 Å². The van der Waals surface area contributed by atoms with Crippen molar-refractivity contribution in [2.45, 2.75) is 25.8 Å². The van der Waals surface area contributed by atoms with Crippen molar-refractivity contribution in [2.24, 2.45) is 0 Å². The molecular weight excluding hydrogens is 318 g/mol. The molecule has 0 aliphatic carbocycles. The molecule has 1 aliphatic rings. The van der Waals surface area contributed by atoms with Crippen molar-refractivity contribution in [1.29, 1.82) is 0 Å². The van der Waals surface area contributed by atoms with E-state index in [2.05, 4.69) is 43.9 Å². The number of anilines is 2. The zero-order chi connectivity index (χ0) is 14.1. The highest BCUT2D eigenvalue weighted by molar-refractivity contribution is 9.10. The van der Waals surface area contributed by atoms with E-state index in [1.54, 1.807) is 0 Å². The Labute approximate surface area is 126 Å². The van der Waals surface area contributed by atoms with Crippen LogP contribution in [0.15, 0.2) is 29.0 Å². The second-order valence-corrected chi connectivity index (χ2v) is 6.08. The van der Waals surface area contributed by atoms with Crippen LogP contribution >= 0.6 is 15.9 Å². The highest BCUT2D eigenvalue weighted by atomic mass is 79.9. The summed E-state index contributed by atoms with van der Waals surface area (Å²) in [6.45, 7) is 4.09. The Balaban J connectivity index is 1.67. The molecule has 1 aliphatic heterocycles. The van der Waals surface area contributed by atoms with E-state index in [0.717, 1.165) is 36.2 Å². The number of halogens is 1. The molecule has 0 spiro atoms. The molecule has 1 saturated heterocycles. The van der Waals surface area contributed by atoms with Gasteiger partial charge in [-0.2, -0.15) is 5.10 Å². The fourth-order valence-corrected chi connectivity index (χ4v) is 2.83. The minimum atomic E-state index is 0.445. The van der Waals surface area contributed by atoms with Crippen molar-refractivity contribution in [3.05, 3.63) is 34.6 Å². The summed E-state index contributed by atoms with van der Waals surface area (Å²) in [7, 11) is 0. The topological polar surface area (TPSA) is 60.0 Å². The second kappa shape index (κ2) is 5.44. The molecule has 2 N–H and O–H groups in total. The third kappa shape index (κ3) is 2.65. The van der Waals surface area contributed by atoms with Gasteiger partial charge in [0.1, 0.15) is 11.6 Å². The van der Waals surface area contributed by atoms with E-state index >= 15 is 0 Å². The van der Waals surface area contributed by atoms with Crippen LogP contribution in [0.4, 0.5) is 11.6 Å². The number of nitrogens with two attached hydrogens (primary N) is 1. The molecule has 106 valence electrons. The Morgan fingerprint density at radius 1 is 1.35 bits per heavy atom. The molecule has 2 aromatic rings. The molecule has 20 heavy (non-hydrogen) atoms. The molecule has 2 aromatic heterocycles. The first kappa shape index (κ1) is 13.4. The number of aromatic nitrogens is 3. The number of nitrogen functional groups attached to an aromatic ring is 1. The first-order chi connectivity index (χ1) is 9.63. The first-order valence-electron chi connectivity index (χ1n) is 6.81. The van der Waals surface area contributed by atoms with Gasteiger partial charge in [0, 0.05) is 30.0 Å². The monoisotopic (exact) mass is 335 g/mol. The molecule has 1 fully saturated rings. The zero-order valence-corrected chi connectivity index (χ0v) is 13.0. The van der Waals surface area contributed by atoms with Crippen LogP contribution in [-0.4, -0.2) is 27.9 Å². The van der Waals surface area contributed by atoms with Crippen molar-refractivity contribution in [3.63, 3.8) is 0 Å². The number of hydrogen-bond donors (Lipinski definition) is 1. The molecule has 0 bridgehead atoms. The number of pyridine rings is 1. The number of hydrogen-bond acceptors (Lipinski definition) is 4. The van der Waals surface area contributed by atoms with Gasteiger partial charge in [0.15, 0.2) is 0 Å². The maximum absolute atomic E-state index is 5.68. The first-order valence-corrected chi connectivity index (χ1v) is 7.60. The Kier molecular flexibility index (Phi) is 3.65. The number of nitrogens with zero attached hydrogens (tertiary/aromatic N) is 4. The number of piperidine rings is 1. The highest BCUT2D eigenvalue weighted by Gasteiger charge is 2.22. The maximum atomic E-state index is 5.68. The standard InChI is InChI=1S/C14H18BrN5/c1-10-8-14(17-9-12(10)15)19-5-2-11(3-6-19)20-7-4-13(16)18-20/h4,7-9,11H,2-3,5-6H2,1H3,(H2,16,18). The summed E-state index contributed by atoms with van der Waals surface area (Å²) >= 11 is 3.49. The summed E-state index contributed by atoms with van der Waals surface area (Å²) in [5, 5.41) is 4.31. The highest BCUT2D eigenvalue weighted by Crippen LogP contribution is 2.27. The Morgan fingerprint density at radius 3 is 2.70 bits per heavy atom. The molecule has 3 rings (SSSR count). The van der Waals surface area contributed by atoms with Crippen molar-refractivity contribution in [1.82, 2.24) is 14.8 Å². The Bertz CT molecular complexity index is 601. The lowest BCUT2D eigenvalue weighted by atomic mass is 10.1. The van der Waals surface area contributed by atoms with Gasteiger partial charge in [-0.15, -0.1) is 0 Å². The van der Waals surface area contributed by atoms with Crippen molar-refractivity contribution in [3.8, 4) is 0 Å². The molecule has 0 aromatic carbocycles. The smallest absolute Gasteiger partial charge is 0.145 e. The van der Waals surface area contributed by atoms with Gasteiger partial charge in [-0.25, -0.2) is 4.98 Å². The average Bonchev–Trinajstić information content (AvgIpc) is 2.89. The number of rotatable bonds is 2. The van der Waals surface area contributed by atoms with Crippen molar-refractivity contribution in [2.75, 3.05) is 23.7 Å². The zero-order valence-electron chi connectivity index (χ0n) is 11.5. The fraction of sp³-hybridized carbons (Fsp3) is 0.429. The Morgan fingerprint density at radius 2 is 2.10 bits per heavy atom. The van der Waals surface area contributed by atoms with Crippen LogP contribution in [0.25, 0.3) is 0 Å². The summed E-state index contributed by atoms with van der Waals surface area (Å²) in [6, 6.07) is 4.43. The predicted octanol–water partition coefficient (Wildman–Crippen LogP) is 2.77. The van der Waals surface area contributed by atoms with Crippen molar-refractivity contribution >= 4 is 27.6 Å². The molecule has 0 unspecified atom stereocenters. The SMILES string of the molecule is Cc1cc(N2CCC(n3ccc(N)n3)CC2)ncc1Br. The van der Waals surface area contributed by atoms with Crippen LogP contribution in [0.2, 0.25) is 0 Å². The van der Waals surface area contributed by atoms with Crippen LogP contribution in [0, 0.1) is 6.92 Å². The third-order valence-corrected chi connectivity index (χ3v) is 4.65. The third-order valence-electron chi connectivity index (χ3n) is 3.82. The van der Waals surface area contributed by atoms with E-state index in [9.17, 15) is 0 Å². The van der Waals surface area contributed by atoms with Gasteiger partial charge < -0.3 is 10.6 Å². The van der Waals surface area contributed by atoms with E-state index in [0.29, 0.717) is 11.9 Å². The van der Waals surface area contributed by atoms with Gasteiger partial charge in [0.2, 0.25) is 0 Å². The van der Waals surface area contributed by atoms with Crippen LogP contribution in [-0.2, 0) is 0 Å². The molecule has 0 atom stereocenters. The minimum absolute atomic E-state index is 0.445. The summed E-state index contributed by atoms with van der Waals surface area (Å²) in [6.07, 6.45) is 5.98. The molecule has 3 heterocycles. The van der Waals surface area contributed by atoms with Gasteiger partial charge in [0.25, 0.3) is 0 Å². The van der Waals surface area contributed by atoms with E-state index < -0.39 is 0 Å². The quantitative estimate of drug-likeness (QED) is 0.916. The fourth-order valence-electron chi connectivity index (χ4n) is 2.61. The van der Waals surface area contributed by atoms with Gasteiger partial charge in [0.05, 0.1) is 6.04 Å². The van der Waals surface area contributed by atoms with Crippen LogP contribution in [0.1, 0.15) is 24.4 Å². The van der Waals surface area contributed by atoms with Crippen molar-refractivity contribution < 1.29 is 0 Å². The van der Waals surface area contributed by atoms with Crippen LogP contribution < -0.4 is 10.6 Å². The largest absolute Gasteiger partial charge is 0.382 e. The number of aryl methyl sites for hydroxylation is 1. The lowest BCUT2D eigenvalue weighted by Gasteiger charge is -2.33. The van der Waals surface area contributed by atoms with E-state index in [1.165, 1.54) is 5.56 Å². The minimum Gasteiger partial charge on any atom is -0.382 e. The van der Waals surface area contributed by atoms with Crippen LogP contribution in [0.5, 0.6) is 0 Å². The average molecular weight is 336 g/mol. The van der Waals surface area contributed by atoms with Gasteiger partial charge >= 0.3 is 0 Å². The predicted molar refractivity (Wildman–Crippen MR) is 83.8 cm³/mol. The van der Waals surface area contributed by atoms with E-state index in [1.807, 2.05) is 23.1 Å². The molecule has 6 heteroatoms. The summed E-state index contributed by atoms with van der Waals surface area (Å²) in [5.41, 5.74) is 6.90. The maximum Gasteiger partial charge on any atom is 0.145 e. The van der Waals surface area contributed by atoms with Crippen LogP contribution in [0.3, 0.4) is 0 Å². The summed E-state index contributed by atoms with van der Waals surface area (Å²) in [4.78, 5) is 6.84. The molecule has 5 nitrogen and oxygen atoms in total. The second-order valence-electron chi connectivity index (χ2n) is 5.23. The lowest BCUT2D eigenvalue weighted by molar-refractivity contribution is 0.367. The van der Waals surface area contributed by atoms with E-state index in [4.69, 9.17) is 5.73 Å². The molecule has 0 amide bonds. The molecular formula is C14H18BrN5. The summed E-state index contributed by atoms with van der Waals surface area (Å²) in [5.74, 6) is 1.65. The molecule has 0 saturated carbocycles. The Hall–Kier alpha value is -1.56. The van der Waals surface area contributed by atoms with Gasteiger partial charge in [-0.05, 0) is 53.4 Å². The normalized spacial score (nSPS) is 16.6.